The summed E-state index contributed by atoms with van der Waals surface area (Å²) in [6, 6.07) is 0.132. The molecule has 0 fully saturated rings. The normalized spacial score (nSPS) is 16.8. The van der Waals surface area contributed by atoms with Crippen LogP contribution >= 0.6 is 22.7 Å². The maximum absolute atomic E-state index is 4.89. The van der Waals surface area contributed by atoms with Crippen LogP contribution in [0.15, 0.2) is 5.38 Å². The molecule has 1 aliphatic rings. The van der Waals surface area contributed by atoms with Crippen molar-refractivity contribution in [2.24, 2.45) is 0 Å². The Balaban J connectivity index is 1.91. The maximum atomic E-state index is 4.89. The molecule has 1 N–H and O–H groups in total. The molecule has 1 unspecified atom stereocenters. The van der Waals surface area contributed by atoms with Crippen LogP contribution in [0.1, 0.15) is 65.9 Å². The molecule has 3 rings (SSSR count). The number of nitrogens with zero attached hydrogens (tertiary/aromatic N) is 2. The highest BCUT2D eigenvalue weighted by Gasteiger charge is 2.25. The van der Waals surface area contributed by atoms with Crippen molar-refractivity contribution in [2.75, 3.05) is 7.05 Å². The molecule has 0 radical (unpaired) electrons. The predicted octanol–water partition coefficient (Wildman–Crippen LogP) is 4.08. The van der Waals surface area contributed by atoms with Gasteiger partial charge < -0.3 is 5.32 Å². The molecule has 21 heavy (non-hydrogen) atoms. The molecule has 0 bridgehead atoms. The summed E-state index contributed by atoms with van der Waals surface area (Å²) in [5, 5.41) is 7.95. The van der Waals surface area contributed by atoms with E-state index in [1.54, 1.807) is 11.3 Å². The Kier molecular flexibility index (Phi) is 4.17. The molecule has 0 aromatic carbocycles. The molecule has 0 spiro atoms. The van der Waals surface area contributed by atoms with E-state index in [0.29, 0.717) is 0 Å². The van der Waals surface area contributed by atoms with E-state index in [-0.39, 0.29) is 11.5 Å². The largest absolute Gasteiger partial charge is 0.306 e. The van der Waals surface area contributed by atoms with Gasteiger partial charge in [-0.2, -0.15) is 0 Å². The van der Waals surface area contributed by atoms with Crippen LogP contribution < -0.4 is 5.32 Å². The maximum Gasteiger partial charge on any atom is 0.116 e. The molecule has 2 aromatic rings. The molecule has 3 nitrogen and oxygen atoms in total. The average molecular weight is 322 g/mol. The van der Waals surface area contributed by atoms with E-state index in [1.807, 2.05) is 18.4 Å². The zero-order valence-electron chi connectivity index (χ0n) is 13.2. The van der Waals surface area contributed by atoms with E-state index in [0.717, 1.165) is 12.1 Å². The molecule has 5 heteroatoms. The standard InChI is InChI=1S/C16H23N3S2/c1-16(2,3)15-19-11(9-20-15)13(17-4)14-18-10-7-5-6-8-12(10)21-14/h9,13,17H,5-8H2,1-4H3. The highest BCUT2D eigenvalue weighted by Crippen LogP contribution is 2.34. The summed E-state index contributed by atoms with van der Waals surface area (Å²) in [7, 11) is 2.00. The average Bonchev–Trinajstić information content (AvgIpc) is 3.05. The van der Waals surface area contributed by atoms with Crippen LogP contribution in [-0.4, -0.2) is 17.0 Å². The first-order chi connectivity index (χ1) is 9.99. The van der Waals surface area contributed by atoms with Gasteiger partial charge in [-0.1, -0.05) is 20.8 Å². The number of aromatic nitrogens is 2. The molecule has 1 aliphatic carbocycles. The number of nitrogens with one attached hydrogen (secondary N) is 1. The predicted molar refractivity (Wildman–Crippen MR) is 90.5 cm³/mol. The molecule has 0 amide bonds. The van der Waals surface area contributed by atoms with Crippen molar-refractivity contribution in [1.29, 1.82) is 0 Å². The van der Waals surface area contributed by atoms with Crippen LogP contribution in [0.4, 0.5) is 0 Å². The van der Waals surface area contributed by atoms with Crippen molar-refractivity contribution in [3.63, 3.8) is 0 Å². The summed E-state index contributed by atoms with van der Waals surface area (Å²) in [5.74, 6) is 0. The van der Waals surface area contributed by atoms with Gasteiger partial charge in [0.2, 0.25) is 0 Å². The fourth-order valence-corrected chi connectivity index (χ4v) is 4.87. The van der Waals surface area contributed by atoms with E-state index in [4.69, 9.17) is 9.97 Å². The zero-order valence-corrected chi connectivity index (χ0v) is 14.8. The Labute approximate surface area is 134 Å². The minimum Gasteiger partial charge on any atom is -0.306 e. The summed E-state index contributed by atoms with van der Waals surface area (Å²) in [6.07, 6.45) is 4.94. The number of aryl methyl sites for hydroxylation is 2. The minimum atomic E-state index is 0.114. The molecule has 1 atom stereocenters. The van der Waals surface area contributed by atoms with E-state index in [2.05, 4.69) is 31.5 Å². The smallest absolute Gasteiger partial charge is 0.116 e. The van der Waals surface area contributed by atoms with Gasteiger partial charge in [-0.05, 0) is 32.7 Å². The van der Waals surface area contributed by atoms with Gasteiger partial charge in [-0.25, -0.2) is 9.97 Å². The Bertz CT molecular complexity index is 598. The molecule has 0 saturated heterocycles. The quantitative estimate of drug-likeness (QED) is 0.925. The van der Waals surface area contributed by atoms with Crippen LogP contribution in [0.3, 0.4) is 0 Å². The zero-order chi connectivity index (χ0) is 15.0. The first-order valence-corrected chi connectivity index (χ1v) is 9.30. The van der Waals surface area contributed by atoms with Gasteiger partial charge in [0.25, 0.3) is 0 Å². The Morgan fingerprint density at radius 1 is 1.19 bits per heavy atom. The third-order valence-electron chi connectivity index (χ3n) is 3.86. The number of thiazole rings is 2. The first-order valence-electron chi connectivity index (χ1n) is 7.60. The number of rotatable bonds is 3. The topological polar surface area (TPSA) is 37.8 Å². The second-order valence-corrected chi connectivity index (χ2v) is 8.65. The van der Waals surface area contributed by atoms with Crippen LogP contribution in [0.2, 0.25) is 0 Å². The SMILES string of the molecule is CNC(c1csc(C(C)(C)C)n1)c1nc2c(s1)CCCC2. The number of hydrogen-bond donors (Lipinski definition) is 1. The van der Waals surface area contributed by atoms with Gasteiger partial charge >= 0.3 is 0 Å². The lowest BCUT2D eigenvalue weighted by atomic mass is 9.98. The summed E-state index contributed by atoms with van der Waals surface area (Å²) in [6.45, 7) is 6.64. The second-order valence-electron chi connectivity index (χ2n) is 6.68. The first kappa shape index (κ1) is 15.1. The third kappa shape index (κ3) is 3.05. The van der Waals surface area contributed by atoms with Crippen molar-refractivity contribution >= 4 is 22.7 Å². The van der Waals surface area contributed by atoms with Crippen molar-refractivity contribution in [3.8, 4) is 0 Å². The van der Waals surface area contributed by atoms with Gasteiger partial charge in [0.1, 0.15) is 11.0 Å². The number of hydrogen-bond acceptors (Lipinski definition) is 5. The highest BCUT2D eigenvalue weighted by molar-refractivity contribution is 7.12. The number of fused-ring (bicyclic) bond motifs is 1. The van der Waals surface area contributed by atoms with Gasteiger partial charge in [0.05, 0.1) is 16.4 Å². The monoisotopic (exact) mass is 321 g/mol. The van der Waals surface area contributed by atoms with Crippen LogP contribution in [0.5, 0.6) is 0 Å². The highest BCUT2D eigenvalue weighted by atomic mass is 32.1. The summed E-state index contributed by atoms with van der Waals surface area (Å²) in [5.41, 5.74) is 2.55. The van der Waals surface area contributed by atoms with Crippen LogP contribution in [0.25, 0.3) is 0 Å². The van der Waals surface area contributed by atoms with E-state index in [9.17, 15) is 0 Å². The molecule has 2 heterocycles. The molecular weight excluding hydrogens is 298 g/mol. The summed E-state index contributed by atoms with van der Waals surface area (Å²) < 4.78 is 0. The summed E-state index contributed by atoms with van der Waals surface area (Å²) >= 11 is 3.63. The third-order valence-corrected chi connectivity index (χ3v) is 6.37. The minimum absolute atomic E-state index is 0.114. The molecule has 2 aromatic heterocycles. The van der Waals surface area contributed by atoms with Gasteiger partial charge in [0.15, 0.2) is 0 Å². The lowest BCUT2D eigenvalue weighted by molar-refractivity contribution is 0.576. The van der Waals surface area contributed by atoms with Crippen molar-refractivity contribution in [1.82, 2.24) is 15.3 Å². The fourth-order valence-electron chi connectivity index (χ4n) is 2.66. The van der Waals surface area contributed by atoms with Gasteiger partial charge in [0, 0.05) is 15.7 Å². The molecule has 0 aliphatic heterocycles. The van der Waals surface area contributed by atoms with Crippen molar-refractivity contribution < 1.29 is 0 Å². The summed E-state index contributed by atoms with van der Waals surface area (Å²) in [4.78, 5) is 11.2. The molecular formula is C16H23N3S2. The fraction of sp³-hybridized carbons (Fsp3) is 0.625. The molecule has 114 valence electrons. The van der Waals surface area contributed by atoms with Crippen LogP contribution in [-0.2, 0) is 18.3 Å². The Morgan fingerprint density at radius 3 is 2.57 bits per heavy atom. The van der Waals surface area contributed by atoms with Crippen molar-refractivity contribution in [2.45, 2.75) is 57.9 Å². The second kappa shape index (κ2) is 5.78. The van der Waals surface area contributed by atoms with E-state index in [1.165, 1.54) is 39.8 Å². The van der Waals surface area contributed by atoms with Gasteiger partial charge in [-0.3, -0.25) is 0 Å². The molecule has 0 saturated carbocycles. The van der Waals surface area contributed by atoms with E-state index >= 15 is 0 Å². The van der Waals surface area contributed by atoms with E-state index < -0.39 is 0 Å². The van der Waals surface area contributed by atoms with Gasteiger partial charge in [-0.15, -0.1) is 22.7 Å². The van der Waals surface area contributed by atoms with Crippen molar-refractivity contribution in [3.05, 3.63) is 31.7 Å². The lowest BCUT2D eigenvalue weighted by Crippen LogP contribution is -2.19. The lowest BCUT2D eigenvalue weighted by Gasteiger charge is -2.15. The Morgan fingerprint density at radius 2 is 1.95 bits per heavy atom. The van der Waals surface area contributed by atoms with Crippen LogP contribution in [0, 0.1) is 0 Å². The Hall–Kier alpha value is -0.780.